The number of para-hydroxylation sites is 2. The van der Waals surface area contributed by atoms with Gasteiger partial charge in [-0.1, -0.05) is 237 Å². The molecule has 6 aromatic heterocycles. The van der Waals surface area contributed by atoms with Crippen molar-refractivity contribution in [3.8, 4) is 126 Å². The van der Waals surface area contributed by atoms with Crippen molar-refractivity contribution in [1.29, 1.82) is 26.3 Å². The van der Waals surface area contributed by atoms with E-state index >= 15 is 0 Å². The summed E-state index contributed by atoms with van der Waals surface area (Å²) in [6, 6.07) is 130. The van der Waals surface area contributed by atoms with Crippen LogP contribution in [0.25, 0.3) is 218 Å². The van der Waals surface area contributed by atoms with Gasteiger partial charge in [0.25, 0.3) is 0 Å². The van der Waals surface area contributed by atoms with Crippen molar-refractivity contribution in [2.24, 2.45) is 0 Å². The van der Waals surface area contributed by atoms with E-state index in [9.17, 15) is 26.3 Å². The minimum Gasteiger partial charge on any atom is -0.456 e. The van der Waals surface area contributed by atoms with Gasteiger partial charge in [-0.2, -0.15) is 36.3 Å². The number of thiophene rings is 1. The molecule has 0 atom stereocenters. The van der Waals surface area contributed by atoms with Crippen molar-refractivity contribution in [1.82, 2.24) is 28.7 Å². The van der Waals surface area contributed by atoms with Crippen LogP contribution in [-0.4, -0.2) is 28.7 Å². The van der Waals surface area contributed by atoms with Crippen LogP contribution < -0.4 is 0 Å². The molecule has 0 N–H and O–H groups in total. The lowest BCUT2D eigenvalue weighted by molar-refractivity contribution is 0.669. The number of nitriles is 5. The van der Waals surface area contributed by atoms with Crippen LogP contribution in [0.4, 0.5) is 17.1 Å². The zero-order valence-corrected chi connectivity index (χ0v) is 69.0. The van der Waals surface area contributed by atoms with Crippen LogP contribution in [0.3, 0.4) is 0 Å². The lowest BCUT2D eigenvalue weighted by Gasteiger charge is -2.12. The summed E-state index contributed by atoms with van der Waals surface area (Å²) in [6.45, 7) is 23.6. The minimum absolute atomic E-state index is 0.426. The Morgan fingerprint density at radius 2 is 0.636 bits per heavy atom. The van der Waals surface area contributed by atoms with E-state index in [0.29, 0.717) is 79.2 Å². The fourth-order valence-electron chi connectivity index (χ4n) is 18.2. The Balaban J connectivity index is 0.000000117. The maximum absolute atomic E-state index is 10.1. The molecule has 23 rings (SSSR count). The Bertz CT molecular complexity index is 8500. The van der Waals surface area contributed by atoms with Gasteiger partial charge in [0.15, 0.2) is 28.7 Å². The number of furan rings is 1. The monoisotopic (exact) mass is 1660 g/mol. The Morgan fingerprint density at radius 3 is 1.14 bits per heavy atom. The van der Waals surface area contributed by atoms with E-state index in [0.717, 1.165) is 149 Å². The highest BCUT2D eigenvalue weighted by Crippen LogP contribution is 2.50. The van der Waals surface area contributed by atoms with Gasteiger partial charge in [-0.15, -0.1) is 11.3 Å². The second-order valence-corrected chi connectivity index (χ2v) is 31.8. The molecule has 6 heterocycles. The molecular formula is C113H60N14OS. The zero-order chi connectivity index (χ0) is 87.3. The van der Waals surface area contributed by atoms with Gasteiger partial charge >= 0.3 is 0 Å². The van der Waals surface area contributed by atoms with Gasteiger partial charge in [-0.25, -0.2) is 19.5 Å². The van der Waals surface area contributed by atoms with Crippen LogP contribution >= 0.6 is 11.3 Å². The predicted octanol–water partition coefficient (Wildman–Crippen LogP) is 29.5. The molecule has 0 saturated carbocycles. The van der Waals surface area contributed by atoms with Gasteiger partial charge < -0.3 is 13.6 Å². The second-order valence-electron chi connectivity index (χ2n) is 30.7. The summed E-state index contributed by atoms with van der Waals surface area (Å²) in [5, 5.41) is 60.1. The lowest BCUT2D eigenvalue weighted by Crippen LogP contribution is -2.06. The van der Waals surface area contributed by atoms with Crippen molar-refractivity contribution in [3.63, 3.8) is 0 Å². The summed E-state index contributed by atoms with van der Waals surface area (Å²) in [4.78, 5) is 26.2. The molecule has 129 heavy (non-hydrogen) atoms. The van der Waals surface area contributed by atoms with Crippen LogP contribution in [0.1, 0.15) is 27.8 Å². The fraction of sp³-hybridized carbons (Fsp3) is 0. The third-order valence-corrected chi connectivity index (χ3v) is 24.9. The summed E-state index contributed by atoms with van der Waals surface area (Å²) in [5.74, 6) is 1.63. The van der Waals surface area contributed by atoms with E-state index in [4.69, 9.17) is 39.1 Å². The number of aromatic nitrogens is 6. The highest BCUT2D eigenvalue weighted by Gasteiger charge is 2.27. The van der Waals surface area contributed by atoms with Gasteiger partial charge in [0.1, 0.15) is 11.2 Å². The molecule has 0 unspecified atom stereocenters. The summed E-state index contributed by atoms with van der Waals surface area (Å²) in [7, 11) is 0. The standard InChI is InChI=1S/C39H20N4O.C39H20N4S.C35H20N6/c2*1-42-33-13-6-9-26(23-41)38(33)30-12-7-14-35-39(30)32-20-24(28-10-3-2-8-25(28)22-40)16-18-34(32)43(35)27-17-19-37-31(21-27)29-11-4-5-15-36(29)44-37;1-37-28-19-10-16-25(22-36)31(28)27-18-11-21-30-32(27)26-17-8-9-20-29(26)41(30)35-39-33(23-12-4-2-5-13-23)38-34(40-35)24-14-6-3-7-15-24/h2*2-21H;2-21H. The van der Waals surface area contributed by atoms with Crippen LogP contribution in [0.5, 0.6) is 0 Å². The molecule has 0 bridgehead atoms. The molecule has 0 fully saturated rings. The van der Waals surface area contributed by atoms with Crippen molar-refractivity contribution in [3.05, 3.63) is 426 Å². The quantitative estimate of drug-likeness (QED) is 0.120. The molecule has 0 aliphatic carbocycles. The Hall–Kier alpha value is -18.9. The van der Waals surface area contributed by atoms with E-state index in [-0.39, 0.29) is 0 Å². The Kier molecular flexibility index (Phi) is 19.5. The molecule has 0 aliphatic heterocycles. The molecule has 15 nitrogen and oxygen atoms in total. The maximum Gasteiger partial charge on any atom is 0.238 e. The molecule has 0 saturated heterocycles. The second kappa shape index (κ2) is 32.5. The fourth-order valence-corrected chi connectivity index (χ4v) is 19.3. The van der Waals surface area contributed by atoms with Crippen molar-refractivity contribution < 1.29 is 4.42 Å². The molecule has 0 amide bonds. The first-order valence-electron chi connectivity index (χ1n) is 41.3. The Morgan fingerprint density at radius 1 is 0.264 bits per heavy atom. The summed E-state index contributed by atoms with van der Waals surface area (Å²) in [6.07, 6.45) is 0. The van der Waals surface area contributed by atoms with Crippen LogP contribution in [0.15, 0.2) is 368 Å². The van der Waals surface area contributed by atoms with E-state index in [1.54, 1.807) is 65.9 Å². The van der Waals surface area contributed by atoms with Crippen LogP contribution in [0.2, 0.25) is 0 Å². The molecule has 0 spiro atoms. The predicted molar refractivity (Wildman–Crippen MR) is 516 cm³/mol. The minimum atomic E-state index is 0.426. The first-order chi connectivity index (χ1) is 63.7. The van der Waals surface area contributed by atoms with Gasteiger partial charge in [0.05, 0.1) is 94.3 Å². The SMILES string of the molecule is [C-]#[N+]c1cccc(C#N)c1-c1cccc2c1c1cc(-c3ccccc3C#N)ccc1n2-c1ccc2oc3ccccc3c2c1.[C-]#[N+]c1cccc(C#N)c1-c1cccc2c1c1cc(-c3ccccc3C#N)ccc1n2-c1ccc2sc3ccccc3c2c1.[C-]#[N+]c1cccc(C#N)c1-c1cccc2c1c1ccccc1n2-c1nc(-c2ccccc2)nc(-c2ccccc2)n1. The first kappa shape index (κ1) is 77.4. The van der Waals surface area contributed by atoms with Crippen molar-refractivity contribution >= 4 is 136 Å². The molecule has 594 valence electrons. The van der Waals surface area contributed by atoms with Crippen molar-refractivity contribution in [2.75, 3.05) is 0 Å². The highest BCUT2D eigenvalue weighted by atomic mass is 32.1. The normalized spacial score (nSPS) is 11.0. The number of nitrogens with zero attached hydrogens (tertiary/aromatic N) is 14. The molecule has 0 aliphatic rings. The average Bonchev–Trinajstić information content (AvgIpc) is 1.58. The van der Waals surface area contributed by atoms with E-state index in [1.165, 1.54) is 20.2 Å². The third-order valence-electron chi connectivity index (χ3n) is 23.8. The van der Waals surface area contributed by atoms with Gasteiger partial charge in [-0.3, -0.25) is 4.57 Å². The smallest absolute Gasteiger partial charge is 0.238 e. The van der Waals surface area contributed by atoms with Gasteiger partial charge in [-0.05, 0) is 166 Å². The first-order valence-corrected chi connectivity index (χ1v) is 42.1. The van der Waals surface area contributed by atoms with E-state index in [2.05, 4.69) is 163 Å². The average molecular weight is 1660 g/mol. The zero-order valence-electron chi connectivity index (χ0n) is 68.2. The molecule has 23 aromatic rings. The van der Waals surface area contributed by atoms with Gasteiger partial charge in [0.2, 0.25) is 5.95 Å². The number of fused-ring (bicyclic) bond motifs is 15. The largest absolute Gasteiger partial charge is 0.456 e. The van der Waals surface area contributed by atoms with Gasteiger partial charge in [0, 0.05) is 119 Å². The molecular weight excluding hydrogens is 1600 g/mol. The number of benzene rings is 17. The molecule has 17 aromatic carbocycles. The topological polar surface area (TPSA) is 199 Å². The third kappa shape index (κ3) is 13.2. The molecule has 0 radical (unpaired) electrons. The van der Waals surface area contributed by atoms with E-state index in [1.807, 2.05) is 205 Å². The molecule has 16 heteroatoms. The lowest BCUT2D eigenvalue weighted by atomic mass is 9.93. The van der Waals surface area contributed by atoms with Crippen molar-refractivity contribution in [2.45, 2.75) is 0 Å². The summed E-state index contributed by atoms with van der Waals surface area (Å²) < 4.78 is 15.1. The number of hydrogen-bond donors (Lipinski definition) is 0. The number of rotatable bonds is 10. The number of hydrogen-bond acceptors (Lipinski definition) is 10. The Labute approximate surface area is 742 Å². The summed E-state index contributed by atoms with van der Waals surface area (Å²) >= 11 is 1.79. The maximum atomic E-state index is 10.1. The van der Waals surface area contributed by atoms with Crippen LogP contribution in [0, 0.1) is 76.4 Å². The van der Waals surface area contributed by atoms with E-state index < -0.39 is 0 Å². The van der Waals surface area contributed by atoms with Crippen LogP contribution in [-0.2, 0) is 0 Å². The highest BCUT2D eigenvalue weighted by molar-refractivity contribution is 7.25. The summed E-state index contributed by atoms with van der Waals surface area (Å²) in [5.41, 5.74) is 22.9.